The fourth-order valence-corrected chi connectivity index (χ4v) is 0. The Morgan fingerprint density at radius 1 is 0.208 bits per heavy atom. The first-order chi connectivity index (χ1) is 20.1. The van der Waals surface area contributed by atoms with Gasteiger partial charge in [0.05, 0.1) is 56.0 Å². The number of nitrogens with two attached hydrogens (primary N) is 2. The van der Waals surface area contributed by atoms with E-state index in [0.717, 1.165) is 0 Å². The maximum atomic E-state index is 8.25. The molecule has 0 saturated heterocycles. The molecular formula is H4N13O33PuTc. The van der Waals surface area contributed by atoms with Crippen LogP contribution >= 0.6 is 0 Å². The molecule has 0 aliphatic carbocycles. The van der Waals surface area contributed by atoms with Gasteiger partial charge in [-0.05, 0) is 0 Å². The predicted octanol–water partition coefficient (Wildman–Crippen LogP) is -3.81. The van der Waals surface area contributed by atoms with E-state index in [9.17, 15) is 0 Å². The second kappa shape index (κ2) is 90.0. The Balaban J connectivity index is -0.0000000219. The molecule has 0 rings (SSSR count). The maximum Gasteiger partial charge on any atom is 7.00 e. The van der Waals surface area contributed by atoms with Gasteiger partial charge in [-0.25, -0.2) is 0 Å². The summed E-state index contributed by atoms with van der Waals surface area (Å²) < 4.78 is 0. The van der Waals surface area contributed by atoms with Crippen LogP contribution in [0.1, 0.15) is 0 Å². The molecule has 0 atom stereocenters. The number of hydrogen-bond acceptors (Lipinski definition) is 35. The molecule has 0 spiro atoms. The molecule has 0 fully saturated rings. The molecule has 280 valence electrons. The molecule has 46 nitrogen and oxygen atoms in total. The molecule has 0 bridgehead atoms. The molecule has 0 amide bonds. The Labute approximate surface area is 285 Å². The van der Waals surface area contributed by atoms with Crippen molar-refractivity contribution in [2.45, 2.75) is 0 Å². The Morgan fingerprint density at radius 2 is 0.208 bits per heavy atom. The Hall–Kier alpha value is -7.24. The first-order valence-electron chi connectivity index (χ1n) is 6.36. The van der Waals surface area contributed by atoms with E-state index in [0.29, 0.717) is 0 Å². The second-order valence-electron chi connectivity index (χ2n) is 2.46. The normalized spacial score (nSPS) is 5.62. The Kier molecular flexibility index (Phi) is 169. The minimum atomic E-state index is -1.75. The van der Waals surface area contributed by atoms with E-state index >= 15 is 0 Å². The largest absolute Gasteiger partial charge is 7.00 e. The molecule has 0 saturated carbocycles. The third kappa shape index (κ3) is 1050. The topological polar surface area (TPSA) is 780 Å². The van der Waals surface area contributed by atoms with E-state index in [1.165, 1.54) is 0 Å². The van der Waals surface area contributed by atoms with Crippen LogP contribution in [0.3, 0.4) is 0 Å². The average molecular weight is 1060 g/mol. The van der Waals surface area contributed by atoms with E-state index in [4.69, 9.17) is 169 Å². The van der Waals surface area contributed by atoms with Gasteiger partial charge in [0, 0.05) is 0 Å². The van der Waals surface area contributed by atoms with Crippen LogP contribution in [0.25, 0.3) is 0 Å². The van der Waals surface area contributed by atoms with Crippen molar-refractivity contribution in [1.29, 1.82) is 0 Å². The molecule has 0 unspecified atom stereocenters. The summed E-state index contributed by atoms with van der Waals surface area (Å²) in [6, 6.07) is 0. The van der Waals surface area contributed by atoms with Gasteiger partial charge in [-0.3, -0.25) is 11.7 Å². The van der Waals surface area contributed by atoms with Gasteiger partial charge in [0.2, 0.25) is 0 Å². The Bertz CT molecular complexity index is 535. The molecule has 4 N–H and O–H groups in total. The van der Waals surface area contributed by atoms with E-state index in [1.54, 1.807) is 0 Å². The first kappa shape index (κ1) is 90.0. The molecule has 0 aliphatic rings. The molecule has 0 aromatic rings. The van der Waals surface area contributed by atoms with Crippen molar-refractivity contribution < 1.29 is 105 Å². The molecule has 0 heterocycles. The van der Waals surface area contributed by atoms with E-state index < -0.39 is 56.0 Å². The zero-order valence-electron chi connectivity index (χ0n) is 20.3. The minimum absolute atomic E-state index is 0. The fraction of sp³-hybridized carbons (Fsp3) is 0. The number of hydrogen-bond donors (Lipinski definition) is 2. The summed E-state index contributed by atoms with van der Waals surface area (Å²) >= 11 is 0. The van der Waals surface area contributed by atoms with Gasteiger partial charge < -0.3 is 169 Å². The molecule has 48 heavy (non-hydrogen) atoms. The van der Waals surface area contributed by atoms with Gasteiger partial charge in [0.15, 0.2) is 0 Å². The predicted molar refractivity (Wildman–Crippen MR) is 122 cm³/mol. The quantitative estimate of drug-likeness (QED) is 0.133. The van der Waals surface area contributed by atoms with Crippen LogP contribution in [0.5, 0.6) is 0 Å². The van der Waals surface area contributed by atoms with E-state index in [2.05, 4.69) is 11.7 Å². The summed E-state index contributed by atoms with van der Waals surface area (Å²) in [4.78, 5) is 90.8. The van der Waals surface area contributed by atoms with Crippen molar-refractivity contribution in [3.63, 3.8) is 0 Å². The SMILES string of the molecule is NN.O=[N+]([O-])[O-].O=[N+]([O-])[O-].O=[N+]([O-])[O-].O=[N+]([O-])[O-].O=[N+]([O-])[O-].O=[N+]([O-])[O-].O=[N+]([O-])[O-].O=[N+]([O-])[O-].O=[N+]([O-])[O-].O=[N+]([O-])[O-].O=[N+]([O-])[O-].[Pu+4].[Tc+7]. The summed E-state index contributed by atoms with van der Waals surface area (Å²) in [5.41, 5.74) is 0. The molecular weight excluding hydrogens is 1050 g/mol. The zero-order valence-corrected chi connectivity index (χ0v) is 25.6. The van der Waals surface area contributed by atoms with Crippen LogP contribution in [-0.4, -0.2) is 56.0 Å². The third-order valence-electron chi connectivity index (χ3n) is 0. The average Bonchev–Trinajstić information content (AvgIpc) is 2.64. The van der Waals surface area contributed by atoms with Gasteiger partial charge in [-0.1, -0.05) is 0 Å². The molecule has 0 radical (unpaired) electrons. The molecule has 0 aliphatic heterocycles. The standard InChI is InChI=1S/H4N2.11NO3.Pu.Tc/c1-2;11*2-1(3)4;;/h1-2H2;;;;;;;;;;;;;/q;11*-1;+4;+7. The van der Waals surface area contributed by atoms with Crippen LogP contribution in [-0.2, 0) is 20.1 Å². The Morgan fingerprint density at radius 3 is 0.208 bits per heavy atom. The van der Waals surface area contributed by atoms with Crippen molar-refractivity contribution in [2.24, 2.45) is 11.7 Å². The smallest absolute Gasteiger partial charge is 0.356 e. The summed E-state index contributed by atoms with van der Waals surface area (Å²) in [6.07, 6.45) is 0. The van der Waals surface area contributed by atoms with Gasteiger partial charge in [-0.15, -0.1) is 0 Å². The molecule has 0 aromatic heterocycles. The van der Waals surface area contributed by atoms with Crippen LogP contribution in [0.15, 0.2) is 0 Å². The van der Waals surface area contributed by atoms with Crippen molar-refractivity contribution in [2.75, 3.05) is 0 Å². The van der Waals surface area contributed by atoms with Gasteiger partial charge in [0.25, 0.3) is 0 Å². The van der Waals surface area contributed by atoms with Crippen molar-refractivity contribution >= 4 is 0 Å². The minimum Gasteiger partial charge on any atom is -0.356 e. The third-order valence-corrected chi connectivity index (χ3v) is 0. The first-order valence-corrected chi connectivity index (χ1v) is 6.36. The van der Waals surface area contributed by atoms with Crippen LogP contribution in [0.2, 0.25) is 0 Å². The number of nitrogens with zero attached hydrogens (tertiary/aromatic N) is 11. The van der Waals surface area contributed by atoms with Crippen LogP contribution in [0.4, 0.5) is 0 Å². The fourth-order valence-electron chi connectivity index (χ4n) is 0. The van der Waals surface area contributed by atoms with Gasteiger partial charge >= 0.3 is 49.3 Å². The van der Waals surface area contributed by atoms with Gasteiger partial charge in [-0.2, -0.15) is 0 Å². The van der Waals surface area contributed by atoms with Crippen molar-refractivity contribution in [1.82, 2.24) is 0 Å². The summed E-state index contributed by atoms with van der Waals surface area (Å²) in [7, 11) is 0. The zero-order chi connectivity index (χ0) is 41.4. The monoisotopic (exact) mass is 1050 g/mol. The van der Waals surface area contributed by atoms with Crippen molar-refractivity contribution in [3.8, 4) is 0 Å². The number of hydrazine groups is 1. The number of rotatable bonds is 0. The summed E-state index contributed by atoms with van der Waals surface area (Å²) in [6.45, 7) is 0. The van der Waals surface area contributed by atoms with E-state index in [1.807, 2.05) is 0 Å². The second-order valence-corrected chi connectivity index (χ2v) is 2.46. The summed E-state index contributed by atoms with van der Waals surface area (Å²) in [5.74, 6) is 8.00. The van der Waals surface area contributed by atoms with Crippen molar-refractivity contribution in [3.05, 3.63) is 169 Å². The molecule has 48 heteroatoms. The van der Waals surface area contributed by atoms with Gasteiger partial charge in [0.1, 0.15) is 0 Å². The maximum absolute atomic E-state index is 8.25. The van der Waals surface area contributed by atoms with Crippen LogP contribution in [0, 0.1) is 198 Å². The van der Waals surface area contributed by atoms with Crippen LogP contribution < -0.4 is 11.7 Å². The molecule has 0 aromatic carbocycles. The summed E-state index contributed by atoms with van der Waals surface area (Å²) in [5, 5.41) is 162. The van der Waals surface area contributed by atoms with E-state index in [-0.39, 0.29) is 49.3 Å².